The molecule has 1 unspecified atom stereocenters. The van der Waals surface area contributed by atoms with Crippen molar-refractivity contribution in [3.05, 3.63) is 0 Å². The molecule has 0 aliphatic carbocycles. The van der Waals surface area contributed by atoms with Gasteiger partial charge in [0.05, 0.1) is 6.07 Å². The molecule has 0 radical (unpaired) electrons. The topological polar surface area (TPSA) is 39.1 Å². The van der Waals surface area contributed by atoms with Crippen LogP contribution < -0.4 is 5.32 Å². The quantitative estimate of drug-likeness (QED) is 0.774. The Balaban J connectivity index is 2.15. The minimum atomic E-state index is -0.160. The van der Waals surface area contributed by atoms with Gasteiger partial charge in [-0.25, -0.2) is 0 Å². The highest BCUT2D eigenvalue weighted by Gasteiger charge is 2.41. The largest absolute Gasteiger partial charge is 0.317 e. The first-order valence-electron chi connectivity index (χ1n) is 6.71. The fraction of sp³-hybridized carbons (Fsp3) is 0.923. The highest BCUT2D eigenvalue weighted by Crippen LogP contribution is 2.33. The van der Waals surface area contributed by atoms with E-state index in [1.54, 1.807) is 0 Å². The molecule has 0 amide bonds. The van der Waals surface area contributed by atoms with E-state index in [0.717, 1.165) is 32.5 Å². The van der Waals surface area contributed by atoms with Gasteiger partial charge < -0.3 is 5.32 Å². The smallest absolute Gasteiger partial charge is 0.111 e. The summed E-state index contributed by atoms with van der Waals surface area (Å²) in [6.45, 7) is 5.39. The molecule has 0 aromatic rings. The van der Waals surface area contributed by atoms with Crippen LogP contribution in [0.2, 0.25) is 0 Å². The van der Waals surface area contributed by atoms with Crippen molar-refractivity contribution in [3.63, 3.8) is 0 Å². The molecule has 0 bridgehead atoms. The molecule has 3 nitrogen and oxygen atoms in total. The Morgan fingerprint density at radius 3 is 2.75 bits per heavy atom. The Kier molecular flexibility index (Phi) is 3.83. The molecule has 2 fully saturated rings. The van der Waals surface area contributed by atoms with Crippen molar-refractivity contribution in [2.45, 2.75) is 57.0 Å². The molecule has 1 atom stereocenters. The van der Waals surface area contributed by atoms with Crippen molar-refractivity contribution < 1.29 is 0 Å². The van der Waals surface area contributed by atoms with Crippen LogP contribution in [0.25, 0.3) is 0 Å². The van der Waals surface area contributed by atoms with Crippen molar-refractivity contribution in [1.29, 1.82) is 5.26 Å². The summed E-state index contributed by atoms with van der Waals surface area (Å²) in [5.74, 6) is 0. The van der Waals surface area contributed by atoms with Crippen molar-refractivity contribution in [3.8, 4) is 6.07 Å². The van der Waals surface area contributed by atoms with Crippen molar-refractivity contribution in [1.82, 2.24) is 10.2 Å². The molecule has 2 heterocycles. The summed E-state index contributed by atoms with van der Waals surface area (Å²) in [6, 6.07) is 3.28. The van der Waals surface area contributed by atoms with E-state index in [0.29, 0.717) is 6.04 Å². The van der Waals surface area contributed by atoms with Crippen molar-refractivity contribution in [2.24, 2.45) is 0 Å². The third kappa shape index (κ3) is 2.09. The number of piperidine rings is 2. The van der Waals surface area contributed by atoms with Gasteiger partial charge in [-0.2, -0.15) is 5.26 Å². The van der Waals surface area contributed by atoms with E-state index in [1.165, 1.54) is 25.7 Å². The second kappa shape index (κ2) is 5.16. The summed E-state index contributed by atoms with van der Waals surface area (Å²) in [4.78, 5) is 2.53. The second-order valence-electron chi connectivity index (χ2n) is 5.14. The third-order valence-corrected chi connectivity index (χ3v) is 4.29. The van der Waals surface area contributed by atoms with E-state index >= 15 is 0 Å². The zero-order chi connectivity index (χ0) is 11.4. The summed E-state index contributed by atoms with van der Waals surface area (Å²) in [5.41, 5.74) is -0.160. The maximum atomic E-state index is 9.59. The summed E-state index contributed by atoms with van der Waals surface area (Å²) in [5, 5.41) is 13.0. The standard InChI is InChI=1S/C13H23N3/c1-2-12-5-3-4-10-16(12)13(11-14)6-8-15-9-7-13/h12,15H,2-10H2,1H3. The number of hydrogen-bond donors (Lipinski definition) is 1. The van der Waals surface area contributed by atoms with Gasteiger partial charge in [0.25, 0.3) is 0 Å². The van der Waals surface area contributed by atoms with Gasteiger partial charge in [0.15, 0.2) is 0 Å². The monoisotopic (exact) mass is 221 g/mol. The van der Waals surface area contributed by atoms with Crippen molar-refractivity contribution in [2.75, 3.05) is 19.6 Å². The Labute approximate surface area is 98.8 Å². The van der Waals surface area contributed by atoms with Gasteiger partial charge in [0.2, 0.25) is 0 Å². The minimum Gasteiger partial charge on any atom is -0.317 e. The lowest BCUT2D eigenvalue weighted by Gasteiger charge is -2.47. The minimum absolute atomic E-state index is 0.160. The number of nitriles is 1. The molecule has 0 saturated carbocycles. The first-order valence-corrected chi connectivity index (χ1v) is 6.71. The summed E-state index contributed by atoms with van der Waals surface area (Å²) < 4.78 is 0. The number of hydrogen-bond acceptors (Lipinski definition) is 3. The molecule has 1 N–H and O–H groups in total. The molecule has 2 aliphatic rings. The lowest BCUT2D eigenvalue weighted by atomic mass is 9.83. The molecular formula is C13H23N3. The van der Waals surface area contributed by atoms with Crippen LogP contribution in [0.4, 0.5) is 0 Å². The predicted octanol–water partition coefficient (Wildman–Crippen LogP) is 1.90. The van der Waals surface area contributed by atoms with Gasteiger partial charge in [-0.15, -0.1) is 0 Å². The van der Waals surface area contributed by atoms with Crippen LogP contribution in [0.15, 0.2) is 0 Å². The van der Waals surface area contributed by atoms with Gasteiger partial charge in [0.1, 0.15) is 5.54 Å². The third-order valence-electron chi connectivity index (χ3n) is 4.29. The number of nitrogens with one attached hydrogen (secondary N) is 1. The van der Waals surface area contributed by atoms with Crippen LogP contribution in [0, 0.1) is 11.3 Å². The molecule has 2 saturated heterocycles. The van der Waals surface area contributed by atoms with Crippen LogP contribution in [0.1, 0.15) is 45.4 Å². The first kappa shape index (κ1) is 11.9. The van der Waals surface area contributed by atoms with E-state index in [9.17, 15) is 5.26 Å². The summed E-state index contributed by atoms with van der Waals surface area (Å²) in [6.07, 6.45) is 7.09. The van der Waals surface area contributed by atoms with Gasteiger partial charge in [-0.1, -0.05) is 13.3 Å². The molecular weight excluding hydrogens is 198 g/mol. The lowest BCUT2D eigenvalue weighted by Crippen LogP contribution is -2.58. The zero-order valence-electron chi connectivity index (χ0n) is 10.3. The molecule has 2 rings (SSSR count). The first-order chi connectivity index (χ1) is 7.82. The Hall–Kier alpha value is -0.590. The van der Waals surface area contributed by atoms with Crippen LogP contribution in [0.5, 0.6) is 0 Å². The van der Waals surface area contributed by atoms with Crippen molar-refractivity contribution >= 4 is 0 Å². The fourth-order valence-corrected chi connectivity index (χ4v) is 3.29. The predicted molar refractivity (Wildman–Crippen MR) is 65.1 cm³/mol. The molecule has 3 heteroatoms. The average Bonchev–Trinajstić information content (AvgIpc) is 2.39. The molecule has 0 aromatic carbocycles. The average molecular weight is 221 g/mol. The van der Waals surface area contributed by atoms with E-state index in [4.69, 9.17) is 0 Å². The molecule has 0 aromatic heterocycles. The maximum Gasteiger partial charge on any atom is 0.111 e. The highest BCUT2D eigenvalue weighted by atomic mass is 15.2. The molecule has 0 spiro atoms. The van der Waals surface area contributed by atoms with E-state index in [-0.39, 0.29) is 5.54 Å². The summed E-state index contributed by atoms with van der Waals surface area (Å²) in [7, 11) is 0. The Morgan fingerprint density at radius 2 is 2.12 bits per heavy atom. The number of rotatable bonds is 2. The maximum absolute atomic E-state index is 9.59. The molecule has 90 valence electrons. The Bertz CT molecular complexity index is 263. The van der Waals surface area contributed by atoms with E-state index in [1.807, 2.05) is 0 Å². The molecule has 16 heavy (non-hydrogen) atoms. The van der Waals surface area contributed by atoms with E-state index in [2.05, 4.69) is 23.2 Å². The fourth-order valence-electron chi connectivity index (χ4n) is 3.29. The zero-order valence-corrected chi connectivity index (χ0v) is 10.3. The lowest BCUT2D eigenvalue weighted by molar-refractivity contribution is 0.0308. The van der Waals surface area contributed by atoms with Gasteiger partial charge in [-0.05, 0) is 51.7 Å². The molecule has 2 aliphatic heterocycles. The van der Waals surface area contributed by atoms with Crippen LogP contribution >= 0.6 is 0 Å². The number of likely N-dealkylation sites (tertiary alicyclic amines) is 1. The second-order valence-corrected chi connectivity index (χ2v) is 5.14. The highest BCUT2D eigenvalue weighted by molar-refractivity contribution is 5.12. The van der Waals surface area contributed by atoms with E-state index < -0.39 is 0 Å². The van der Waals surface area contributed by atoms with Gasteiger partial charge in [-0.3, -0.25) is 4.90 Å². The van der Waals surface area contributed by atoms with Crippen LogP contribution in [-0.2, 0) is 0 Å². The van der Waals surface area contributed by atoms with Crippen LogP contribution in [-0.4, -0.2) is 36.1 Å². The SMILES string of the molecule is CCC1CCCCN1C1(C#N)CCNCC1. The normalized spacial score (nSPS) is 30.9. The Morgan fingerprint density at radius 1 is 1.38 bits per heavy atom. The summed E-state index contributed by atoms with van der Waals surface area (Å²) >= 11 is 0. The van der Waals surface area contributed by atoms with Crippen LogP contribution in [0.3, 0.4) is 0 Å². The van der Waals surface area contributed by atoms with Gasteiger partial charge in [0, 0.05) is 6.04 Å². The van der Waals surface area contributed by atoms with Gasteiger partial charge >= 0.3 is 0 Å². The number of nitrogens with zero attached hydrogens (tertiary/aromatic N) is 2.